The Labute approximate surface area is 162 Å². The van der Waals surface area contributed by atoms with E-state index in [4.69, 9.17) is 9.15 Å². The van der Waals surface area contributed by atoms with Gasteiger partial charge in [0.05, 0.1) is 6.04 Å². The summed E-state index contributed by atoms with van der Waals surface area (Å²) in [5, 5.41) is 3.66. The average Bonchev–Trinajstić information content (AvgIpc) is 2.66. The quantitative estimate of drug-likeness (QED) is 0.623. The van der Waals surface area contributed by atoms with E-state index in [2.05, 4.69) is 5.32 Å². The smallest absolute Gasteiger partial charge is 0.336 e. The van der Waals surface area contributed by atoms with Crippen LogP contribution in [-0.2, 0) is 11.2 Å². The Morgan fingerprint density at radius 1 is 1.18 bits per heavy atom. The molecule has 6 heteroatoms. The lowest BCUT2D eigenvalue weighted by atomic mass is 10.1. The van der Waals surface area contributed by atoms with Crippen LogP contribution in [-0.4, -0.2) is 12.5 Å². The Morgan fingerprint density at radius 2 is 1.93 bits per heavy atom. The fourth-order valence-electron chi connectivity index (χ4n) is 3.04. The van der Waals surface area contributed by atoms with E-state index in [1.165, 1.54) is 18.2 Å². The van der Waals surface area contributed by atoms with Crippen molar-refractivity contribution in [1.29, 1.82) is 0 Å². The summed E-state index contributed by atoms with van der Waals surface area (Å²) in [6.45, 7) is 3.67. The Hall–Kier alpha value is -3.15. The van der Waals surface area contributed by atoms with Crippen molar-refractivity contribution in [2.24, 2.45) is 0 Å². The fourth-order valence-corrected chi connectivity index (χ4v) is 3.04. The maximum Gasteiger partial charge on any atom is 0.336 e. The van der Waals surface area contributed by atoms with Crippen molar-refractivity contribution < 1.29 is 18.3 Å². The maximum absolute atomic E-state index is 13.0. The van der Waals surface area contributed by atoms with Crippen LogP contribution in [0.15, 0.2) is 57.7 Å². The van der Waals surface area contributed by atoms with Crippen molar-refractivity contribution in [2.75, 3.05) is 6.61 Å². The van der Waals surface area contributed by atoms with E-state index in [-0.39, 0.29) is 24.4 Å². The van der Waals surface area contributed by atoms with E-state index in [0.717, 1.165) is 29.4 Å². The molecule has 1 atom stereocenters. The molecule has 1 amide bonds. The van der Waals surface area contributed by atoms with E-state index in [1.54, 1.807) is 24.3 Å². The van der Waals surface area contributed by atoms with Crippen molar-refractivity contribution in [3.05, 3.63) is 75.9 Å². The molecule has 2 aromatic carbocycles. The molecular weight excluding hydrogens is 361 g/mol. The molecule has 0 saturated heterocycles. The highest BCUT2D eigenvalue weighted by atomic mass is 19.1. The van der Waals surface area contributed by atoms with Crippen LogP contribution in [0.3, 0.4) is 0 Å². The van der Waals surface area contributed by atoms with Gasteiger partial charge in [-0.3, -0.25) is 4.79 Å². The fraction of sp³-hybridized carbons (Fsp3) is 0.273. The Bertz CT molecular complexity index is 1030. The van der Waals surface area contributed by atoms with Gasteiger partial charge in [0, 0.05) is 17.5 Å². The number of carbonyl (C=O) groups excluding carboxylic acids is 1. The van der Waals surface area contributed by atoms with E-state index in [9.17, 15) is 14.0 Å². The van der Waals surface area contributed by atoms with Gasteiger partial charge in [0.2, 0.25) is 0 Å². The van der Waals surface area contributed by atoms with Gasteiger partial charge >= 0.3 is 5.63 Å². The summed E-state index contributed by atoms with van der Waals surface area (Å²) in [5.41, 5.74) is 1.77. The number of carbonyl (C=O) groups is 1. The number of hydrogen-bond acceptors (Lipinski definition) is 4. The number of fused-ring (bicyclic) bond motifs is 1. The number of ether oxygens (including phenoxy) is 1. The van der Waals surface area contributed by atoms with Gasteiger partial charge in [-0.05, 0) is 48.7 Å². The molecule has 0 saturated carbocycles. The molecule has 1 N–H and O–H groups in total. The van der Waals surface area contributed by atoms with Gasteiger partial charge < -0.3 is 14.5 Å². The summed E-state index contributed by atoms with van der Waals surface area (Å²) < 4.78 is 23.8. The van der Waals surface area contributed by atoms with Crippen LogP contribution in [0.1, 0.15) is 37.4 Å². The standard InChI is InChI=1S/C22H22FNO4/c1-3-4-16-11-22(26)28-20-12-18(9-10-19(16)20)27-13-21(25)24-14(2)15-5-7-17(23)8-6-15/h5-12,14H,3-4,13H2,1-2H3,(H,24,25)/t14-/m1/s1. The van der Waals surface area contributed by atoms with E-state index in [0.29, 0.717) is 11.3 Å². The van der Waals surface area contributed by atoms with Crippen molar-refractivity contribution in [3.8, 4) is 5.75 Å². The summed E-state index contributed by atoms with van der Waals surface area (Å²) >= 11 is 0. The molecule has 3 rings (SSSR count). The van der Waals surface area contributed by atoms with Crippen LogP contribution < -0.4 is 15.7 Å². The van der Waals surface area contributed by atoms with Crippen LogP contribution in [0.25, 0.3) is 11.0 Å². The Kier molecular flexibility index (Phi) is 6.09. The molecular formula is C22H22FNO4. The van der Waals surface area contributed by atoms with Crippen molar-refractivity contribution in [3.63, 3.8) is 0 Å². The molecule has 0 fully saturated rings. The minimum absolute atomic E-state index is 0.185. The SMILES string of the molecule is CCCc1cc(=O)oc2cc(OCC(=O)N[C@H](C)c3ccc(F)cc3)ccc12. The van der Waals surface area contributed by atoms with Crippen LogP contribution in [0.5, 0.6) is 5.75 Å². The Morgan fingerprint density at radius 3 is 2.64 bits per heavy atom. The first-order valence-corrected chi connectivity index (χ1v) is 9.20. The first kappa shape index (κ1) is 19.6. The van der Waals surface area contributed by atoms with Gasteiger partial charge in [0.15, 0.2) is 6.61 Å². The average molecular weight is 383 g/mol. The molecule has 0 spiro atoms. The number of nitrogens with one attached hydrogen (secondary N) is 1. The molecule has 0 bridgehead atoms. The molecule has 3 aromatic rings. The van der Waals surface area contributed by atoms with Crippen molar-refractivity contribution in [1.82, 2.24) is 5.32 Å². The second-order valence-corrected chi connectivity index (χ2v) is 6.63. The lowest BCUT2D eigenvalue weighted by Crippen LogP contribution is -2.31. The third-order valence-corrected chi connectivity index (χ3v) is 4.44. The molecule has 0 radical (unpaired) electrons. The Balaban J connectivity index is 1.65. The van der Waals surface area contributed by atoms with Gasteiger partial charge in [-0.25, -0.2) is 9.18 Å². The maximum atomic E-state index is 13.0. The predicted molar refractivity (Wildman–Crippen MR) is 105 cm³/mol. The van der Waals surface area contributed by atoms with Gasteiger partial charge in [-0.2, -0.15) is 0 Å². The number of rotatable bonds is 7. The van der Waals surface area contributed by atoms with E-state index in [1.807, 2.05) is 19.9 Å². The molecule has 0 aliphatic heterocycles. The van der Waals surface area contributed by atoms with Gasteiger partial charge in [0.1, 0.15) is 17.1 Å². The highest BCUT2D eigenvalue weighted by Gasteiger charge is 2.11. The zero-order valence-electron chi connectivity index (χ0n) is 15.8. The number of halogens is 1. The third kappa shape index (κ3) is 4.76. The summed E-state index contributed by atoms with van der Waals surface area (Å²) in [4.78, 5) is 23.9. The second kappa shape index (κ2) is 8.69. The van der Waals surface area contributed by atoms with Crippen molar-refractivity contribution in [2.45, 2.75) is 32.7 Å². The zero-order chi connectivity index (χ0) is 20.1. The molecule has 0 aliphatic carbocycles. The van der Waals surface area contributed by atoms with Crippen LogP contribution in [0.4, 0.5) is 4.39 Å². The molecule has 146 valence electrons. The molecule has 0 aliphatic rings. The van der Waals surface area contributed by atoms with Crippen LogP contribution >= 0.6 is 0 Å². The van der Waals surface area contributed by atoms with Gasteiger partial charge in [0.25, 0.3) is 5.91 Å². The number of hydrogen-bond donors (Lipinski definition) is 1. The zero-order valence-corrected chi connectivity index (χ0v) is 15.8. The molecule has 28 heavy (non-hydrogen) atoms. The highest BCUT2D eigenvalue weighted by Crippen LogP contribution is 2.23. The summed E-state index contributed by atoms with van der Waals surface area (Å²) in [6, 6.07) is 12.4. The topological polar surface area (TPSA) is 68.5 Å². The third-order valence-electron chi connectivity index (χ3n) is 4.44. The van der Waals surface area contributed by atoms with Crippen molar-refractivity contribution >= 4 is 16.9 Å². The molecule has 5 nitrogen and oxygen atoms in total. The van der Waals surface area contributed by atoms with Crippen LogP contribution in [0, 0.1) is 5.82 Å². The lowest BCUT2D eigenvalue weighted by Gasteiger charge is -2.15. The first-order chi connectivity index (χ1) is 13.5. The normalized spacial score (nSPS) is 12.0. The molecule has 1 heterocycles. The van der Waals surface area contributed by atoms with Gasteiger partial charge in [-0.1, -0.05) is 25.5 Å². The number of amides is 1. The van der Waals surface area contributed by atoms with E-state index < -0.39 is 5.63 Å². The van der Waals surface area contributed by atoms with E-state index >= 15 is 0 Å². The van der Waals surface area contributed by atoms with Crippen LogP contribution in [0.2, 0.25) is 0 Å². The predicted octanol–water partition coefficient (Wildman–Crippen LogP) is 4.14. The number of benzene rings is 2. The molecule has 1 aromatic heterocycles. The molecule has 0 unspecified atom stereocenters. The lowest BCUT2D eigenvalue weighted by molar-refractivity contribution is -0.123. The van der Waals surface area contributed by atoms with Gasteiger partial charge in [-0.15, -0.1) is 0 Å². The highest BCUT2D eigenvalue weighted by molar-refractivity contribution is 5.82. The summed E-state index contributed by atoms with van der Waals surface area (Å²) in [5.74, 6) is -0.192. The largest absolute Gasteiger partial charge is 0.484 e. The first-order valence-electron chi connectivity index (χ1n) is 9.20. The second-order valence-electron chi connectivity index (χ2n) is 6.63. The monoisotopic (exact) mass is 383 g/mol. The summed E-state index contributed by atoms with van der Waals surface area (Å²) in [7, 11) is 0. The number of aryl methyl sites for hydroxylation is 1. The minimum atomic E-state index is -0.404. The minimum Gasteiger partial charge on any atom is -0.484 e. The summed E-state index contributed by atoms with van der Waals surface area (Å²) in [6.07, 6.45) is 1.70.